The molecule has 0 aromatic rings. The quantitative estimate of drug-likeness (QED) is 0.0773. The van der Waals surface area contributed by atoms with E-state index in [9.17, 15) is 70.2 Å². The van der Waals surface area contributed by atoms with Gasteiger partial charge in [-0.05, 0) is 0 Å². The Morgan fingerprint density at radius 3 is 1.04 bits per heavy atom. The zero-order valence-corrected chi connectivity index (χ0v) is 31.3. The van der Waals surface area contributed by atoms with Crippen LogP contribution in [-0.4, -0.2) is 224 Å². The van der Waals surface area contributed by atoms with Gasteiger partial charge in [-0.3, -0.25) is 19.2 Å². The second-order valence-corrected chi connectivity index (χ2v) is 14.1. The van der Waals surface area contributed by atoms with E-state index in [1.54, 1.807) is 0 Å². The highest BCUT2D eigenvalue weighted by atomic mass is 16.8. The first-order chi connectivity index (χ1) is 26.9. The molecule has 0 aromatic heterocycles. The fraction of sp³-hybridized carbons (Fsp3) is 0.875. The number of aliphatic hydroxyl groups is 10. The van der Waals surface area contributed by atoms with Gasteiger partial charge in [0, 0.05) is 27.7 Å². The van der Waals surface area contributed by atoms with E-state index < -0.39 is 173 Å². The van der Waals surface area contributed by atoms with Crippen LogP contribution in [0.1, 0.15) is 27.7 Å². The Bertz CT molecular complexity index is 1370. The minimum Gasteiger partial charge on any atom is -0.394 e. The number of hydrogen-bond acceptors (Lipinski definition) is 21. The largest absolute Gasteiger partial charge is 0.394 e. The van der Waals surface area contributed by atoms with Crippen LogP contribution in [0.25, 0.3) is 0 Å². The number of ether oxygens (including phenoxy) is 7. The minimum absolute atomic E-state index is 0.664. The van der Waals surface area contributed by atoms with Crippen molar-refractivity contribution in [2.45, 2.75) is 150 Å². The number of rotatable bonds is 14. The molecule has 0 bridgehead atoms. The van der Waals surface area contributed by atoms with Gasteiger partial charge < -0.3 is 105 Å². The summed E-state index contributed by atoms with van der Waals surface area (Å²) in [5.74, 6) is -2.84. The molecule has 25 heteroatoms. The molecule has 4 amide bonds. The van der Waals surface area contributed by atoms with Gasteiger partial charge in [0.15, 0.2) is 25.2 Å². The highest BCUT2D eigenvalue weighted by Gasteiger charge is 2.56. The van der Waals surface area contributed by atoms with Gasteiger partial charge >= 0.3 is 0 Å². The maximum absolute atomic E-state index is 12.4. The van der Waals surface area contributed by atoms with Gasteiger partial charge in [-0.2, -0.15) is 0 Å². The molecular weight excluding hydrogens is 776 g/mol. The summed E-state index contributed by atoms with van der Waals surface area (Å²) in [6, 6.07) is -6.15. The van der Waals surface area contributed by atoms with Crippen LogP contribution in [0.5, 0.6) is 0 Å². The van der Waals surface area contributed by atoms with Crippen molar-refractivity contribution in [2.75, 3.05) is 26.4 Å². The van der Waals surface area contributed by atoms with Crippen molar-refractivity contribution >= 4 is 23.6 Å². The number of nitrogens with one attached hydrogen (secondary N) is 4. The molecule has 25 nitrogen and oxygen atoms in total. The molecule has 4 rings (SSSR count). The van der Waals surface area contributed by atoms with Crippen molar-refractivity contribution in [3.05, 3.63) is 0 Å². The van der Waals surface area contributed by atoms with Crippen LogP contribution in [0.3, 0.4) is 0 Å². The molecule has 0 aromatic carbocycles. The van der Waals surface area contributed by atoms with Crippen LogP contribution >= 0.6 is 0 Å². The molecule has 14 N–H and O–H groups in total. The summed E-state index contributed by atoms with van der Waals surface area (Å²) >= 11 is 0. The Morgan fingerprint density at radius 2 is 0.702 bits per heavy atom. The predicted molar refractivity (Wildman–Crippen MR) is 180 cm³/mol. The number of aliphatic hydroxyl groups excluding tert-OH is 10. The molecule has 4 aliphatic rings. The van der Waals surface area contributed by atoms with Crippen molar-refractivity contribution in [1.29, 1.82) is 0 Å². The minimum atomic E-state index is -1.89. The molecule has 0 saturated carbocycles. The molecule has 0 radical (unpaired) electrons. The fourth-order valence-electron chi connectivity index (χ4n) is 7.17. The van der Waals surface area contributed by atoms with Gasteiger partial charge in [0.2, 0.25) is 23.6 Å². The van der Waals surface area contributed by atoms with Gasteiger partial charge in [-0.1, -0.05) is 0 Å². The average molecular weight is 831 g/mol. The van der Waals surface area contributed by atoms with Gasteiger partial charge in [0.1, 0.15) is 97.4 Å². The van der Waals surface area contributed by atoms with Gasteiger partial charge in [0.25, 0.3) is 0 Å². The van der Waals surface area contributed by atoms with E-state index in [1.807, 2.05) is 0 Å². The lowest BCUT2D eigenvalue weighted by Gasteiger charge is -2.51. The predicted octanol–water partition coefficient (Wildman–Crippen LogP) is -9.17. The topological polar surface area (TPSA) is 383 Å². The number of amides is 4. The van der Waals surface area contributed by atoms with Crippen molar-refractivity contribution in [1.82, 2.24) is 21.3 Å². The molecule has 0 spiro atoms. The third-order valence-electron chi connectivity index (χ3n) is 9.81. The Labute approximate surface area is 325 Å². The Balaban J connectivity index is 1.61. The number of carbonyl (C=O) groups excluding carboxylic acids is 4. The van der Waals surface area contributed by atoms with Gasteiger partial charge in [-0.25, -0.2) is 0 Å². The molecule has 4 heterocycles. The third kappa shape index (κ3) is 10.9. The summed E-state index contributed by atoms with van der Waals surface area (Å²) in [6.45, 7) is 0.884. The number of hydrogen-bond donors (Lipinski definition) is 14. The Hall–Kier alpha value is -2.80. The van der Waals surface area contributed by atoms with E-state index >= 15 is 0 Å². The van der Waals surface area contributed by atoms with Gasteiger partial charge in [-0.15, -0.1) is 0 Å². The molecule has 4 fully saturated rings. The van der Waals surface area contributed by atoms with Crippen LogP contribution in [0, 0.1) is 0 Å². The van der Waals surface area contributed by atoms with E-state index in [1.165, 1.54) is 0 Å². The van der Waals surface area contributed by atoms with Crippen molar-refractivity contribution in [2.24, 2.45) is 0 Å². The van der Waals surface area contributed by atoms with Crippen LogP contribution < -0.4 is 21.3 Å². The molecule has 20 atom stereocenters. The van der Waals surface area contributed by atoms with Crippen LogP contribution in [0.2, 0.25) is 0 Å². The summed E-state index contributed by atoms with van der Waals surface area (Å²) in [4.78, 5) is 48.5. The van der Waals surface area contributed by atoms with Crippen molar-refractivity contribution < 1.29 is 103 Å². The summed E-state index contributed by atoms with van der Waals surface area (Å²) < 4.78 is 40.6. The van der Waals surface area contributed by atoms with E-state index in [0.717, 1.165) is 27.7 Å². The maximum atomic E-state index is 12.4. The molecule has 0 aliphatic carbocycles. The smallest absolute Gasteiger partial charge is 0.217 e. The first kappa shape index (κ1) is 46.9. The molecule has 20 unspecified atom stereocenters. The lowest BCUT2D eigenvalue weighted by molar-refractivity contribution is -0.362. The standard InChI is InChI=1S/C32H54N4O21/c1-9(41)33-17-23(47)26(14(6-38)51-29(17)50)55-31-19(35-11(3)43)25(49)28(16(8-40)53-31)57-32-20(36-12(4)44)24(48)27(15(7-39)54-32)56-30-18(34-10(2)42)22(46)21(45)13(5-37)52-30/h13-32,37-40,45-50H,5-8H2,1-4H3,(H,33,41)(H,34,42)(H,35,43)(H,36,44). The molecule has 57 heavy (non-hydrogen) atoms. The first-order valence-corrected chi connectivity index (χ1v) is 18.1. The monoisotopic (exact) mass is 830 g/mol. The zero-order chi connectivity index (χ0) is 42.5. The van der Waals surface area contributed by atoms with Gasteiger partial charge in [0.05, 0.1) is 26.4 Å². The van der Waals surface area contributed by atoms with E-state index in [2.05, 4.69) is 21.3 Å². The van der Waals surface area contributed by atoms with E-state index in [4.69, 9.17) is 33.2 Å². The Kier molecular flexibility index (Phi) is 16.8. The normalized spacial score (nSPS) is 43.8. The highest BCUT2D eigenvalue weighted by Crippen LogP contribution is 2.34. The summed E-state index contributed by atoms with van der Waals surface area (Å²) in [5.41, 5.74) is 0. The van der Waals surface area contributed by atoms with Crippen LogP contribution in [-0.2, 0) is 52.3 Å². The maximum Gasteiger partial charge on any atom is 0.217 e. The third-order valence-corrected chi connectivity index (χ3v) is 9.81. The lowest BCUT2D eigenvalue weighted by Crippen LogP contribution is -2.71. The van der Waals surface area contributed by atoms with Crippen molar-refractivity contribution in [3.8, 4) is 0 Å². The zero-order valence-electron chi connectivity index (χ0n) is 31.3. The molecular formula is C32H54N4O21. The molecule has 4 aliphatic heterocycles. The van der Waals surface area contributed by atoms with Crippen LogP contribution in [0.15, 0.2) is 0 Å². The summed E-state index contributed by atoms with van der Waals surface area (Å²) in [6.07, 6.45) is -26.9. The summed E-state index contributed by atoms with van der Waals surface area (Å²) in [5, 5.41) is 116. The lowest BCUT2D eigenvalue weighted by atomic mass is 9.93. The van der Waals surface area contributed by atoms with Crippen molar-refractivity contribution in [3.63, 3.8) is 0 Å². The van der Waals surface area contributed by atoms with E-state index in [-0.39, 0.29) is 0 Å². The SMILES string of the molecule is CC(=O)NC1C(O)OC(CO)C(OC2OC(CO)C(OC3OC(CO)C(OC4OC(CO)C(O)C(O)C4NC(C)=O)C(O)C3NC(C)=O)C(O)C2NC(C)=O)C1O. The second-order valence-electron chi connectivity index (χ2n) is 14.1. The second kappa shape index (κ2) is 20.4. The molecule has 328 valence electrons. The van der Waals surface area contributed by atoms with Crippen LogP contribution in [0.4, 0.5) is 0 Å². The average Bonchev–Trinajstić information content (AvgIpc) is 3.14. The summed E-state index contributed by atoms with van der Waals surface area (Å²) in [7, 11) is 0. The molecule has 4 saturated heterocycles. The fourth-order valence-corrected chi connectivity index (χ4v) is 7.17. The highest BCUT2D eigenvalue weighted by molar-refractivity contribution is 5.74. The van der Waals surface area contributed by atoms with E-state index in [0.29, 0.717) is 0 Å². The first-order valence-electron chi connectivity index (χ1n) is 18.1. The Morgan fingerprint density at radius 1 is 0.421 bits per heavy atom. The number of carbonyl (C=O) groups is 4.